The number of ether oxygens (including phenoxy) is 1. The molecule has 3 rings (SSSR count). The molecule has 0 saturated carbocycles. The summed E-state index contributed by atoms with van der Waals surface area (Å²) in [5.41, 5.74) is 6.96. The lowest BCUT2D eigenvalue weighted by Gasteiger charge is -2.34. The van der Waals surface area contributed by atoms with Crippen molar-refractivity contribution >= 4 is 34.7 Å². The second-order valence-corrected chi connectivity index (χ2v) is 7.31. The number of imide groups is 1. The van der Waals surface area contributed by atoms with Gasteiger partial charge in [0.15, 0.2) is 6.61 Å². The molecule has 2 heterocycles. The monoisotopic (exact) mass is 401 g/mol. The number of alkyl halides is 3. The number of thioether (sulfide) groups is 1. The summed E-state index contributed by atoms with van der Waals surface area (Å²) in [6.07, 6.45) is -1.37. The number of carbonyl (C=O) groups excluding carboxylic acids is 2. The number of nitrogens with two attached hydrogens (primary N) is 1. The molecule has 0 radical (unpaired) electrons. The lowest BCUT2D eigenvalue weighted by molar-refractivity contribution is -0.153. The third-order valence-corrected chi connectivity index (χ3v) is 4.93. The number of benzene rings is 1. The van der Waals surface area contributed by atoms with E-state index in [0.717, 1.165) is 24.6 Å². The number of para-hydroxylation sites is 1. The summed E-state index contributed by atoms with van der Waals surface area (Å²) < 4.78 is 42.9. The van der Waals surface area contributed by atoms with Gasteiger partial charge in [0.05, 0.1) is 10.6 Å². The Kier molecular flexibility index (Phi) is 5.66. The van der Waals surface area contributed by atoms with Crippen LogP contribution in [0.5, 0.6) is 5.75 Å². The maximum Gasteiger partial charge on any atom is 0.422 e. The average Bonchev–Trinajstić information content (AvgIpc) is 2.89. The van der Waals surface area contributed by atoms with Gasteiger partial charge in [0, 0.05) is 24.7 Å². The van der Waals surface area contributed by atoms with Crippen LogP contribution in [0.3, 0.4) is 0 Å². The second-order valence-electron chi connectivity index (χ2n) is 6.30. The van der Waals surface area contributed by atoms with E-state index < -0.39 is 23.9 Å². The van der Waals surface area contributed by atoms with E-state index in [2.05, 4.69) is 5.32 Å². The van der Waals surface area contributed by atoms with Crippen molar-refractivity contribution in [3.63, 3.8) is 0 Å². The SMILES string of the molecule is NC1CCCN(c2c(/C=C3/SC(=O)NC3=O)cccc2OCC(F)(F)F)C1. The van der Waals surface area contributed by atoms with Crippen molar-refractivity contribution in [1.82, 2.24) is 5.32 Å². The van der Waals surface area contributed by atoms with Crippen LogP contribution in [0.4, 0.5) is 23.7 Å². The van der Waals surface area contributed by atoms with E-state index in [1.165, 1.54) is 12.1 Å². The third-order valence-electron chi connectivity index (χ3n) is 4.12. The Morgan fingerprint density at radius 3 is 2.78 bits per heavy atom. The van der Waals surface area contributed by atoms with E-state index in [1.807, 2.05) is 4.90 Å². The smallest absolute Gasteiger partial charge is 0.422 e. The number of nitrogens with one attached hydrogen (secondary N) is 1. The summed E-state index contributed by atoms with van der Waals surface area (Å²) in [4.78, 5) is 25.3. The zero-order chi connectivity index (χ0) is 19.6. The van der Waals surface area contributed by atoms with Gasteiger partial charge >= 0.3 is 6.18 Å². The van der Waals surface area contributed by atoms with Gasteiger partial charge in [0.1, 0.15) is 5.75 Å². The number of carbonyl (C=O) groups is 2. The Labute approximate surface area is 157 Å². The number of anilines is 1. The highest BCUT2D eigenvalue weighted by molar-refractivity contribution is 8.18. The highest BCUT2D eigenvalue weighted by Gasteiger charge is 2.31. The predicted molar refractivity (Wildman–Crippen MR) is 96.5 cm³/mol. The molecule has 1 aromatic carbocycles. The van der Waals surface area contributed by atoms with Crippen LogP contribution in [-0.2, 0) is 4.79 Å². The van der Waals surface area contributed by atoms with Crippen molar-refractivity contribution < 1.29 is 27.5 Å². The topological polar surface area (TPSA) is 84.7 Å². The summed E-state index contributed by atoms with van der Waals surface area (Å²) in [6.45, 7) is -0.358. The minimum Gasteiger partial charge on any atom is -0.482 e. The first-order chi connectivity index (χ1) is 12.7. The Hall–Kier alpha value is -2.20. The quantitative estimate of drug-likeness (QED) is 0.755. The largest absolute Gasteiger partial charge is 0.482 e. The Balaban J connectivity index is 2.00. The summed E-state index contributed by atoms with van der Waals surface area (Å²) in [5, 5.41) is 1.67. The van der Waals surface area contributed by atoms with Crippen molar-refractivity contribution in [2.45, 2.75) is 25.1 Å². The van der Waals surface area contributed by atoms with E-state index in [-0.39, 0.29) is 16.7 Å². The van der Waals surface area contributed by atoms with E-state index in [9.17, 15) is 22.8 Å². The molecule has 0 aromatic heterocycles. The molecule has 10 heteroatoms. The van der Waals surface area contributed by atoms with Gasteiger partial charge < -0.3 is 15.4 Å². The average molecular weight is 401 g/mol. The number of hydrogen-bond acceptors (Lipinski definition) is 6. The minimum atomic E-state index is -4.47. The molecule has 1 aromatic rings. The lowest BCUT2D eigenvalue weighted by Crippen LogP contribution is -2.43. The molecule has 2 aliphatic heterocycles. The Morgan fingerprint density at radius 2 is 2.15 bits per heavy atom. The fraction of sp³-hybridized carbons (Fsp3) is 0.412. The van der Waals surface area contributed by atoms with E-state index >= 15 is 0 Å². The van der Waals surface area contributed by atoms with Crippen LogP contribution in [-0.4, -0.2) is 43.1 Å². The maximum absolute atomic E-state index is 12.6. The number of rotatable bonds is 4. The molecule has 2 fully saturated rings. The molecule has 3 N–H and O–H groups in total. The van der Waals surface area contributed by atoms with Crippen LogP contribution in [0.2, 0.25) is 0 Å². The maximum atomic E-state index is 12.6. The fourth-order valence-corrected chi connectivity index (χ4v) is 3.72. The summed E-state index contributed by atoms with van der Waals surface area (Å²) >= 11 is 0.745. The fourth-order valence-electron chi connectivity index (χ4n) is 3.05. The first-order valence-electron chi connectivity index (χ1n) is 8.31. The number of piperidine rings is 1. The number of halogens is 3. The van der Waals surface area contributed by atoms with Gasteiger partial charge in [0.25, 0.3) is 11.1 Å². The zero-order valence-corrected chi connectivity index (χ0v) is 15.0. The standard InChI is InChI=1S/C17H18F3N3O3S/c18-17(19,20)9-26-12-5-1-3-10(7-13-15(24)22-16(25)27-13)14(12)23-6-2-4-11(21)8-23/h1,3,5,7,11H,2,4,6,8-9,21H2,(H,22,24,25)/b13-7+. The van der Waals surface area contributed by atoms with Crippen LogP contribution in [0.15, 0.2) is 23.1 Å². The predicted octanol–water partition coefficient (Wildman–Crippen LogP) is 2.88. The minimum absolute atomic E-state index is 0.0607. The molecular formula is C17H18F3N3O3S. The Morgan fingerprint density at radius 1 is 1.37 bits per heavy atom. The number of amides is 2. The summed E-state index contributed by atoms with van der Waals surface area (Å²) in [6, 6.07) is 4.56. The number of nitrogens with zero attached hydrogens (tertiary/aromatic N) is 1. The van der Waals surface area contributed by atoms with Crippen molar-refractivity contribution in [2.24, 2.45) is 5.73 Å². The molecular weight excluding hydrogens is 383 g/mol. The van der Waals surface area contributed by atoms with E-state index in [1.54, 1.807) is 12.1 Å². The van der Waals surface area contributed by atoms with E-state index in [4.69, 9.17) is 10.5 Å². The third kappa shape index (κ3) is 4.95. The normalized spacial score (nSPS) is 22.3. The molecule has 2 saturated heterocycles. The number of hydrogen-bond donors (Lipinski definition) is 2. The first kappa shape index (κ1) is 19.6. The van der Waals surface area contributed by atoms with Crippen LogP contribution >= 0.6 is 11.8 Å². The Bertz CT molecular complexity index is 782. The first-order valence-corrected chi connectivity index (χ1v) is 9.12. The van der Waals surface area contributed by atoms with E-state index in [0.29, 0.717) is 24.3 Å². The molecule has 0 bridgehead atoms. The van der Waals surface area contributed by atoms with Crippen molar-refractivity contribution in [3.05, 3.63) is 28.7 Å². The van der Waals surface area contributed by atoms with Crippen molar-refractivity contribution in [1.29, 1.82) is 0 Å². The van der Waals surface area contributed by atoms with Crippen LogP contribution in [0.1, 0.15) is 18.4 Å². The van der Waals surface area contributed by atoms with Gasteiger partial charge in [-0.25, -0.2) is 0 Å². The summed E-state index contributed by atoms with van der Waals surface area (Å²) in [5.74, 6) is -0.474. The van der Waals surface area contributed by atoms with Gasteiger partial charge in [-0.2, -0.15) is 13.2 Å². The van der Waals surface area contributed by atoms with Crippen LogP contribution < -0.4 is 20.7 Å². The van der Waals surface area contributed by atoms with Gasteiger partial charge in [-0.15, -0.1) is 0 Å². The van der Waals surface area contributed by atoms with Crippen LogP contribution in [0, 0.1) is 0 Å². The molecule has 2 amide bonds. The van der Waals surface area contributed by atoms with Gasteiger partial charge in [-0.05, 0) is 36.7 Å². The molecule has 146 valence electrons. The van der Waals surface area contributed by atoms with Gasteiger partial charge in [0.2, 0.25) is 0 Å². The highest BCUT2D eigenvalue weighted by atomic mass is 32.2. The molecule has 6 nitrogen and oxygen atoms in total. The second kappa shape index (κ2) is 7.81. The molecule has 2 aliphatic rings. The molecule has 1 atom stereocenters. The molecule has 0 spiro atoms. The van der Waals surface area contributed by atoms with Crippen LogP contribution in [0.25, 0.3) is 6.08 Å². The van der Waals surface area contributed by atoms with Gasteiger partial charge in [-0.1, -0.05) is 12.1 Å². The molecule has 1 unspecified atom stereocenters. The van der Waals surface area contributed by atoms with Gasteiger partial charge in [-0.3, -0.25) is 14.9 Å². The summed E-state index contributed by atoms with van der Waals surface area (Å²) in [7, 11) is 0. The lowest BCUT2D eigenvalue weighted by atomic mass is 10.0. The van der Waals surface area contributed by atoms with Crippen molar-refractivity contribution in [2.75, 3.05) is 24.6 Å². The molecule has 27 heavy (non-hydrogen) atoms. The highest BCUT2D eigenvalue weighted by Crippen LogP contribution is 2.38. The van der Waals surface area contributed by atoms with Crippen molar-refractivity contribution in [3.8, 4) is 5.75 Å². The molecule has 0 aliphatic carbocycles. The zero-order valence-electron chi connectivity index (χ0n) is 14.2.